The number of aliphatic carboxylic acids is 1. The molecule has 0 rings (SSSR count). The van der Waals surface area contributed by atoms with Gasteiger partial charge in [0.25, 0.3) is 0 Å². The summed E-state index contributed by atoms with van der Waals surface area (Å²) in [4.78, 5) is 47.2. The van der Waals surface area contributed by atoms with Gasteiger partial charge in [0, 0.05) is 12.8 Å². The monoisotopic (exact) mass is 755 g/mol. The number of nitrogens with one attached hydrogen (secondary N) is 2. The number of amides is 2. The molecule has 2 amide bonds. The van der Waals surface area contributed by atoms with Gasteiger partial charge in [0.15, 0.2) is 0 Å². The third kappa shape index (κ3) is 35.3. The van der Waals surface area contributed by atoms with Gasteiger partial charge in [0.05, 0.1) is 13.2 Å². The van der Waals surface area contributed by atoms with E-state index in [0.717, 1.165) is 70.6 Å². The van der Waals surface area contributed by atoms with E-state index < -0.39 is 30.6 Å². The molecule has 54 heavy (non-hydrogen) atoms. The molecule has 0 aromatic heterocycles. The van der Waals surface area contributed by atoms with Gasteiger partial charge in [-0.3, -0.25) is 14.4 Å². The second-order valence-electron chi connectivity index (χ2n) is 13.7. The molecule has 2 atom stereocenters. The quantitative estimate of drug-likeness (QED) is 0.0283. The number of aliphatic hydroxyl groups is 1. The molecule has 0 aliphatic rings. The van der Waals surface area contributed by atoms with Crippen molar-refractivity contribution in [3.8, 4) is 0 Å². The predicted octanol–water partition coefficient (Wildman–Crippen LogP) is 9.93. The summed E-state index contributed by atoms with van der Waals surface area (Å²) in [7, 11) is 0. The third-order valence-electron chi connectivity index (χ3n) is 8.65. The highest BCUT2D eigenvalue weighted by atomic mass is 16.5. The standard InChI is InChI=1S/C45H74N2O7/c1-3-5-7-9-10-11-12-13-14-15-16-17-18-19-20-21-22-23-24-29-33-37-44(51)54-40(34-30-26-8-6-4-2)35-31-27-25-28-32-36-42(49)46-38-43(50)47-41(39-48)45(52)53/h6,8,12-13,15-16,18-19,30-31,34-35,40-41,48H,3-5,7,9-11,14,17,20-29,32-33,36-39H2,1-2H3,(H,46,49)(H,47,50)(H,52,53)/b8-6-,13-12-,16-15-,19-18-,34-30-,35-31-. The van der Waals surface area contributed by atoms with Crippen LogP contribution in [0.2, 0.25) is 0 Å². The lowest BCUT2D eigenvalue weighted by Gasteiger charge is -2.12. The highest BCUT2D eigenvalue weighted by Crippen LogP contribution is 2.12. The zero-order valence-corrected chi connectivity index (χ0v) is 33.7. The largest absolute Gasteiger partial charge is 0.480 e. The van der Waals surface area contributed by atoms with Crippen LogP contribution < -0.4 is 10.6 Å². The molecule has 0 saturated carbocycles. The van der Waals surface area contributed by atoms with E-state index in [1.54, 1.807) is 0 Å². The number of allylic oxidation sites excluding steroid dienone is 10. The highest BCUT2D eigenvalue weighted by Gasteiger charge is 2.18. The van der Waals surface area contributed by atoms with Crippen molar-refractivity contribution in [3.63, 3.8) is 0 Å². The second-order valence-corrected chi connectivity index (χ2v) is 13.7. The van der Waals surface area contributed by atoms with Gasteiger partial charge in [-0.05, 0) is 89.2 Å². The summed E-state index contributed by atoms with van der Waals surface area (Å²) in [5.41, 5.74) is 0. The molecule has 0 aliphatic heterocycles. The van der Waals surface area contributed by atoms with Crippen LogP contribution in [0.4, 0.5) is 0 Å². The summed E-state index contributed by atoms with van der Waals surface area (Å²) in [6.45, 7) is 3.27. The Bertz CT molecular complexity index is 1140. The van der Waals surface area contributed by atoms with Gasteiger partial charge in [-0.1, -0.05) is 132 Å². The van der Waals surface area contributed by atoms with Crippen LogP contribution in [-0.2, 0) is 23.9 Å². The number of esters is 1. The number of rotatable bonds is 36. The Hall–Kier alpha value is -3.72. The smallest absolute Gasteiger partial charge is 0.328 e. The normalized spacial score (nSPS) is 13.2. The van der Waals surface area contributed by atoms with Crippen molar-refractivity contribution in [2.24, 2.45) is 0 Å². The molecule has 0 heterocycles. The lowest BCUT2D eigenvalue weighted by molar-refractivity contribution is -0.145. The second kappa shape index (κ2) is 39.0. The number of hydrogen-bond donors (Lipinski definition) is 4. The van der Waals surface area contributed by atoms with E-state index in [1.165, 1.54) is 57.8 Å². The molecule has 0 aliphatic carbocycles. The summed E-state index contributed by atoms with van der Waals surface area (Å²) in [6, 6.07) is -1.40. The molecule has 0 aromatic carbocycles. The Kier molecular flexibility index (Phi) is 36.3. The Morgan fingerprint density at radius 1 is 0.574 bits per heavy atom. The maximum Gasteiger partial charge on any atom is 0.328 e. The molecule has 0 saturated heterocycles. The molecule has 4 N–H and O–H groups in total. The maximum atomic E-state index is 12.6. The van der Waals surface area contributed by atoms with E-state index in [2.05, 4.69) is 73.1 Å². The number of carbonyl (C=O) groups is 4. The molecular formula is C45H74N2O7. The summed E-state index contributed by atoms with van der Waals surface area (Å²) in [5, 5.41) is 22.4. The van der Waals surface area contributed by atoms with Crippen LogP contribution in [0, 0.1) is 0 Å². The SMILES string of the molecule is CC/C=C\C/C=C\C(/C=C\CCCCCC(=O)NCC(=O)NC(CO)C(=O)O)OC(=O)CCCCCCCC/C=C\C/C=C\C/C=C\CCCCCCC. The number of ether oxygens (including phenoxy) is 1. The zero-order chi connectivity index (χ0) is 39.7. The number of aliphatic hydroxyl groups excluding tert-OH is 1. The first-order chi connectivity index (χ1) is 26.3. The van der Waals surface area contributed by atoms with Crippen LogP contribution in [0.3, 0.4) is 0 Å². The third-order valence-corrected chi connectivity index (χ3v) is 8.65. The number of unbranched alkanes of at least 4 members (excludes halogenated alkanes) is 14. The van der Waals surface area contributed by atoms with Crippen molar-refractivity contribution in [3.05, 3.63) is 72.9 Å². The summed E-state index contributed by atoms with van der Waals surface area (Å²) in [6.07, 6.45) is 48.5. The van der Waals surface area contributed by atoms with Crippen molar-refractivity contribution < 1.29 is 34.1 Å². The van der Waals surface area contributed by atoms with Gasteiger partial charge in [0.2, 0.25) is 11.8 Å². The lowest BCUT2D eigenvalue weighted by atomic mass is 10.1. The topological polar surface area (TPSA) is 142 Å². The molecule has 0 fully saturated rings. The van der Waals surface area contributed by atoms with Crippen LogP contribution in [-0.4, -0.2) is 59.3 Å². The fraction of sp³-hybridized carbons (Fsp3) is 0.644. The Labute approximate surface area is 327 Å². The molecule has 2 unspecified atom stereocenters. The predicted molar refractivity (Wildman–Crippen MR) is 222 cm³/mol. The average molecular weight is 755 g/mol. The molecule has 9 nitrogen and oxygen atoms in total. The fourth-order valence-electron chi connectivity index (χ4n) is 5.44. The average Bonchev–Trinajstić information content (AvgIpc) is 3.15. The van der Waals surface area contributed by atoms with E-state index in [1.807, 2.05) is 24.3 Å². The van der Waals surface area contributed by atoms with Gasteiger partial charge in [-0.25, -0.2) is 4.79 Å². The zero-order valence-electron chi connectivity index (χ0n) is 33.7. The van der Waals surface area contributed by atoms with E-state index in [-0.39, 0.29) is 24.8 Å². The van der Waals surface area contributed by atoms with Gasteiger partial charge in [-0.2, -0.15) is 0 Å². The molecular weight excluding hydrogens is 681 g/mol. The minimum atomic E-state index is -1.40. The van der Waals surface area contributed by atoms with Gasteiger partial charge in [0.1, 0.15) is 12.1 Å². The van der Waals surface area contributed by atoms with Crippen LogP contribution in [0.25, 0.3) is 0 Å². The van der Waals surface area contributed by atoms with Crippen LogP contribution in [0.1, 0.15) is 162 Å². The van der Waals surface area contributed by atoms with E-state index in [0.29, 0.717) is 12.8 Å². The van der Waals surface area contributed by atoms with Crippen LogP contribution in [0.15, 0.2) is 72.9 Å². The minimum Gasteiger partial charge on any atom is -0.480 e. The Morgan fingerprint density at radius 3 is 1.69 bits per heavy atom. The Balaban J connectivity index is 4.15. The summed E-state index contributed by atoms with van der Waals surface area (Å²) in [5.74, 6) is -2.49. The van der Waals surface area contributed by atoms with E-state index >= 15 is 0 Å². The number of carboxylic acids is 1. The fourth-order valence-corrected chi connectivity index (χ4v) is 5.44. The first-order valence-corrected chi connectivity index (χ1v) is 20.9. The van der Waals surface area contributed by atoms with Crippen molar-refractivity contribution in [1.29, 1.82) is 0 Å². The maximum absolute atomic E-state index is 12.6. The van der Waals surface area contributed by atoms with Crippen molar-refractivity contribution >= 4 is 23.8 Å². The van der Waals surface area contributed by atoms with Crippen molar-refractivity contribution in [2.75, 3.05) is 13.2 Å². The molecule has 0 aromatic rings. The molecule has 9 heteroatoms. The molecule has 0 bridgehead atoms. The molecule has 0 spiro atoms. The van der Waals surface area contributed by atoms with Gasteiger partial charge >= 0.3 is 11.9 Å². The number of carboxylic acid groups (broad SMARTS) is 1. The van der Waals surface area contributed by atoms with E-state index in [9.17, 15) is 19.2 Å². The molecule has 306 valence electrons. The first-order valence-electron chi connectivity index (χ1n) is 20.9. The molecule has 0 radical (unpaired) electrons. The Morgan fingerprint density at radius 2 is 1.07 bits per heavy atom. The number of carbonyl (C=O) groups excluding carboxylic acids is 3. The number of hydrogen-bond acceptors (Lipinski definition) is 6. The summed E-state index contributed by atoms with van der Waals surface area (Å²) >= 11 is 0. The highest BCUT2D eigenvalue weighted by molar-refractivity contribution is 5.87. The van der Waals surface area contributed by atoms with E-state index in [4.69, 9.17) is 14.9 Å². The minimum absolute atomic E-state index is 0.180. The lowest BCUT2D eigenvalue weighted by Crippen LogP contribution is -2.47. The van der Waals surface area contributed by atoms with Crippen LogP contribution in [0.5, 0.6) is 0 Å². The van der Waals surface area contributed by atoms with Gasteiger partial charge < -0.3 is 25.6 Å². The van der Waals surface area contributed by atoms with Gasteiger partial charge in [-0.15, -0.1) is 0 Å². The first kappa shape index (κ1) is 50.3. The summed E-state index contributed by atoms with van der Waals surface area (Å²) < 4.78 is 5.77. The van der Waals surface area contributed by atoms with Crippen molar-refractivity contribution in [1.82, 2.24) is 10.6 Å². The van der Waals surface area contributed by atoms with Crippen molar-refractivity contribution in [2.45, 2.75) is 174 Å². The van der Waals surface area contributed by atoms with Crippen LogP contribution >= 0.6 is 0 Å².